The Morgan fingerprint density at radius 2 is 2.32 bits per heavy atom. The van der Waals surface area contributed by atoms with Crippen molar-refractivity contribution in [2.45, 2.75) is 26.3 Å². The van der Waals surface area contributed by atoms with E-state index in [9.17, 15) is 9.59 Å². The standard InChI is InChI=1S/C12H14N4O2S/c1-2-3-9-6-11(18)16(8-14-9)7-10(17)15-12-13-4-5-19-12/h4-6,8H,2-3,7H2,1H3,(H,13,15,17). The maximum atomic E-state index is 11.8. The number of anilines is 1. The molecule has 2 aromatic rings. The van der Waals surface area contributed by atoms with E-state index in [4.69, 9.17) is 0 Å². The molecule has 0 saturated carbocycles. The first kappa shape index (κ1) is 13.4. The molecule has 0 radical (unpaired) electrons. The van der Waals surface area contributed by atoms with Crippen molar-refractivity contribution in [3.8, 4) is 0 Å². The van der Waals surface area contributed by atoms with E-state index in [1.165, 1.54) is 28.3 Å². The molecule has 0 unspecified atom stereocenters. The molecule has 0 saturated heterocycles. The highest BCUT2D eigenvalue weighted by Crippen LogP contribution is 2.09. The van der Waals surface area contributed by atoms with Gasteiger partial charge < -0.3 is 5.32 Å². The monoisotopic (exact) mass is 278 g/mol. The van der Waals surface area contributed by atoms with Gasteiger partial charge in [-0.3, -0.25) is 14.2 Å². The minimum absolute atomic E-state index is 0.0577. The molecule has 1 amide bonds. The van der Waals surface area contributed by atoms with E-state index in [2.05, 4.69) is 15.3 Å². The lowest BCUT2D eigenvalue weighted by Gasteiger charge is -2.05. The van der Waals surface area contributed by atoms with E-state index >= 15 is 0 Å². The van der Waals surface area contributed by atoms with Gasteiger partial charge in [0.15, 0.2) is 5.13 Å². The van der Waals surface area contributed by atoms with Gasteiger partial charge in [-0.15, -0.1) is 11.3 Å². The van der Waals surface area contributed by atoms with E-state index in [0.717, 1.165) is 18.5 Å². The van der Waals surface area contributed by atoms with Gasteiger partial charge in [0.05, 0.1) is 6.33 Å². The maximum absolute atomic E-state index is 11.8. The normalized spacial score (nSPS) is 10.4. The lowest BCUT2D eigenvalue weighted by molar-refractivity contribution is -0.116. The second kappa shape index (κ2) is 6.24. The number of carbonyl (C=O) groups is 1. The first-order valence-corrected chi connectivity index (χ1v) is 6.81. The summed E-state index contributed by atoms with van der Waals surface area (Å²) in [5.41, 5.74) is 0.539. The van der Waals surface area contributed by atoms with Crippen LogP contribution in [0.5, 0.6) is 0 Å². The summed E-state index contributed by atoms with van der Waals surface area (Å²) in [6, 6.07) is 1.47. The van der Waals surface area contributed by atoms with E-state index in [1.807, 2.05) is 6.92 Å². The van der Waals surface area contributed by atoms with Gasteiger partial charge >= 0.3 is 0 Å². The van der Waals surface area contributed by atoms with Crippen LogP contribution in [0.3, 0.4) is 0 Å². The number of nitrogens with zero attached hydrogens (tertiary/aromatic N) is 3. The molecule has 2 rings (SSSR count). The van der Waals surface area contributed by atoms with Crippen molar-refractivity contribution in [1.82, 2.24) is 14.5 Å². The fourth-order valence-corrected chi connectivity index (χ4v) is 2.12. The van der Waals surface area contributed by atoms with Gasteiger partial charge in [0.25, 0.3) is 5.56 Å². The van der Waals surface area contributed by atoms with E-state index in [1.54, 1.807) is 11.6 Å². The summed E-state index contributed by atoms with van der Waals surface area (Å²) >= 11 is 1.33. The molecule has 0 aliphatic carbocycles. The van der Waals surface area contributed by atoms with Crippen LogP contribution in [0.15, 0.2) is 28.8 Å². The molecular weight excluding hydrogens is 264 g/mol. The van der Waals surface area contributed by atoms with E-state index in [-0.39, 0.29) is 18.0 Å². The smallest absolute Gasteiger partial charge is 0.253 e. The van der Waals surface area contributed by atoms with Gasteiger partial charge in [0.2, 0.25) is 5.91 Å². The van der Waals surface area contributed by atoms with Crippen molar-refractivity contribution in [1.29, 1.82) is 0 Å². The van der Waals surface area contributed by atoms with Crippen LogP contribution >= 0.6 is 11.3 Å². The highest BCUT2D eigenvalue weighted by Gasteiger charge is 2.07. The topological polar surface area (TPSA) is 76.9 Å². The molecule has 1 N–H and O–H groups in total. The quantitative estimate of drug-likeness (QED) is 0.894. The van der Waals surface area contributed by atoms with Crippen molar-refractivity contribution in [3.05, 3.63) is 40.0 Å². The summed E-state index contributed by atoms with van der Waals surface area (Å²) in [5, 5.41) is 4.91. The van der Waals surface area contributed by atoms with Crippen LogP contribution in [0, 0.1) is 0 Å². The first-order valence-electron chi connectivity index (χ1n) is 5.93. The Kier molecular flexibility index (Phi) is 4.40. The van der Waals surface area contributed by atoms with Gasteiger partial charge in [-0.1, -0.05) is 13.3 Å². The number of carbonyl (C=O) groups excluding carboxylic acids is 1. The van der Waals surface area contributed by atoms with E-state index in [0.29, 0.717) is 5.13 Å². The van der Waals surface area contributed by atoms with Crippen molar-refractivity contribution in [2.24, 2.45) is 0 Å². The highest BCUT2D eigenvalue weighted by molar-refractivity contribution is 7.13. The SMILES string of the molecule is CCCc1cc(=O)n(CC(=O)Nc2nccs2)cn1. The average Bonchev–Trinajstić information content (AvgIpc) is 2.86. The van der Waals surface area contributed by atoms with Crippen LogP contribution in [-0.4, -0.2) is 20.4 Å². The number of rotatable bonds is 5. The van der Waals surface area contributed by atoms with Crippen molar-refractivity contribution in [2.75, 3.05) is 5.32 Å². The Labute approximate surface area is 114 Å². The molecule has 6 nitrogen and oxygen atoms in total. The van der Waals surface area contributed by atoms with Crippen LogP contribution in [0.1, 0.15) is 19.0 Å². The number of aryl methyl sites for hydroxylation is 1. The zero-order valence-corrected chi connectivity index (χ0v) is 11.3. The van der Waals surface area contributed by atoms with Crippen molar-refractivity contribution in [3.63, 3.8) is 0 Å². The summed E-state index contributed by atoms with van der Waals surface area (Å²) in [4.78, 5) is 31.6. The predicted molar refractivity (Wildman–Crippen MR) is 73.2 cm³/mol. The third-order valence-corrected chi connectivity index (χ3v) is 3.12. The molecule has 0 bridgehead atoms. The second-order valence-electron chi connectivity index (χ2n) is 3.98. The number of hydrogen-bond acceptors (Lipinski definition) is 5. The second-order valence-corrected chi connectivity index (χ2v) is 4.88. The molecule has 100 valence electrons. The van der Waals surface area contributed by atoms with Gasteiger partial charge in [-0.2, -0.15) is 0 Å². The molecule has 0 spiro atoms. The third-order valence-electron chi connectivity index (χ3n) is 2.43. The third kappa shape index (κ3) is 3.72. The average molecular weight is 278 g/mol. The summed E-state index contributed by atoms with van der Waals surface area (Å²) in [6.45, 7) is 1.96. The number of hydrogen-bond donors (Lipinski definition) is 1. The van der Waals surface area contributed by atoms with Crippen molar-refractivity contribution < 1.29 is 4.79 Å². The molecule has 0 aliphatic heterocycles. The van der Waals surface area contributed by atoms with Gasteiger partial charge in [0, 0.05) is 23.3 Å². The molecule has 0 atom stereocenters. The summed E-state index contributed by atoms with van der Waals surface area (Å²) in [7, 11) is 0. The zero-order valence-electron chi connectivity index (χ0n) is 10.5. The van der Waals surface area contributed by atoms with Gasteiger partial charge in [-0.25, -0.2) is 9.97 Å². The minimum Gasteiger partial charge on any atom is -0.300 e. The first-order chi connectivity index (χ1) is 9.19. The van der Waals surface area contributed by atoms with Crippen LogP contribution in [0.4, 0.5) is 5.13 Å². The Hall–Kier alpha value is -2.02. The molecular formula is C12H14N4O2S. The molecule has 2 aromatic heterocycles. The minimum atomic E-state index is -0.290. The van der Waals surface area contributed by atoms with Gasteiger partial charge in [-0.05, 0) is 6.42 Å². The van der Waals surface area contributed by atoms with Crippen molar-refractivity contribution >= 4 is 22.4 Å². The molecule has 0 fully saturated rings. The molecule has 0 aromatic carbocycles. The lowest BCUT2D eigenvalue weighted by atomic mass is 10.2. The predicted octanol–water partition coefficient (Wildman–Crippen LogP) is 1.29. The fraction of sp³-hybridized carbons (Fsp3) is 0.333. The largest absolute Gasteiger partial charge is 0.300 e. The fourth-order valence-electron chi connectivity index (χ4n) is 1.57. The summed E-state index contributed by atoms with van der Waals surface area (Å²) < 4.78 is 1.28. The van der Waals surface area contributed by atoms with Crippen LogP contribution in [0.2, 0.25) is 0 Å². The molecule has 7 heteroatoms. The van der Waals surface area contributed by atoms with Gasteiger partial charge in [0.1, 0.15) is 6.54 Å². The molecule has 19 heavy (non-hydrogen) atoms. The lowest BCUT2D eigenvalue weighted by Crippen LogP contribution is -2.27. The van der Waals surface area contributed by atoms with Crippen LogP contribution in [0.25, 0.3) is 0 Å². The van der Waals surface area contributed by atoms with Crippen LogP contribution in [-0.2, 0) is 17.8 Å². The Morgan fingerprint density at radius 1 is 1.47 bits per heavy atom. The number of nitrogens with one attached hydrogen (secondary N) is 1. The maximum Gasteiger partial charge on any atom is 0.253 e. The molecule has 0 aliphatic rings. The highest BCUT2D eigenvalue weighted by atomic mass is 32.1. The number of amides is 1. The van der Waals surface area contributed by atoms with Crippen LogP contribution < -0.4 is 10.9 Å². The van der Waals surface area contributed by atoms with E-state index < -0.39 is 0 Å². The molecule has 2 heterocycles. The Morgan fingerprint density at radius 3 is 2.95 bits per heavy atom. The summed E-state index contributed by atoms with van der Waals surface area (Å²) in [5.74, 6) is -0.290. The number of thiazole rings is 1. The number of aromatic nitrogens is 3. The summed E-state index contributed by atoms with van der Waals surface area (Å²) in [6.07, 6.45) is 4.71. The zero-order chi connectivity index (χ0) is 13.7. The Bertz CT molecular complexity index is 606. The Balaban J connectivity index is 2.02.